The number of carbonyl (C=O) groups excluding carboxylic acids is 1. The Bertz CT molecular complexity index is 639. The Morgan fingerprint density at radius 2 is 2.15 bits per heavy atom. The average molecular weight is 313 g/mol. The van der Waals surface area contributed by atoms with Gasteiger partial charge in [-0.25, -0.2) is 4.98 Å². The second-order valence-corrected chi connectivity index (χ2v) is 5.18. The second kappa shape index (κ2) is 6.24. The van der Waals surface area contributed by atoms with Crippen LogP contribution in [0, 0.1) is 6.92 Å². The molecule has 0 saturated heterocycles. The van der Waals surface area contributed by atoms with Crippen LogP contribution in [0.5, 0.6) is 0 Å². The zero-order valence-electron chi connectivity index (χ0n) is 11.2. The number of hydrogen-bond acceptors (Lipinski definition) is 3. The second-order valence-electron chi connectivity index (χ2n) is 4.34. The Labute approximate surface area is 126 Å². The minimum absolute atomic E-state index is 0.0706. The standard InChI is InChI=1S/C13H14Cl2N4O/c1-3-4-12(20)17-11-5-8(2)18-19(11)13-10(15)6-9(14)7-16-13/h5-7H,3-4H2,1-2H3,(H,17,20). The molecule has 2 aromatic heterocycles. The maximum Gasteiger partial charge on any atom is 0.225 e. The molecule has 0 radical (unpaired) electrons. The number of aryl methyl sites for hydroxylation is 1. The predicted octanol–water partition coefficient (Wildman–Crippen LogP) is 3.62. The summed E-state index contributed by atoms with van der Waals surface area (Å²) in [5.74, 6) is 0.896. The monoisotopic (exact) mass is 312 g/mol. The fourth-order valence-electron chi connectivity index (χ4n) is 1.75. The van der Waals surface area contributed by atoms with Gasteiger partial charge in [0.05, 0.1) is 15.7 Å². The van der Waals surface area contributed by atoms with Crippen molar-refractivity contribution in [1.29, 1.82) is 0 Å². The number of pyridine rings is 1. The van der Waals surface area contributed by atoms with E-state index in [4.69, 9.17) is 23.2 Å². The molecule has 1 N–H and O–H groups in total. The molecule has 0 fully saturated rings. The minimum Gasteiger partial charge on any atom is -0.311 e. The van der Waals surface area contributed by atoms with Gasteiger partial charge in [-0.15, -0.1) is 0 Å². The lowest BCUT2D eigenvalue weighted by atomic mass is 10.3. The van der Waals surface area contributed by atoms with E-state index in [9.17, 15) is 4.79 Å². The molecule has 0 aliphatic carbocycles. The first-order valence-electron chi connectivity index (χ1n) is 6.19. The summed E-state index contributed by atoms with van der Waals surface area (Å²) in [6, 6.07) is 3.35. The molecule has 2 heterocycles. The first-order valence-corrected chi connectivity index (χ1v) is 6.94. The molecule has 1 amide bonds. The summed E-state index contributed by atoms with van der Waals surface area (Å²) >= 11 is 12.0. The third kappa shape index (κ3) is 3.29. The summed E-state index contributed by atoms with van der Waals surface area (Å²) < 4.78 is 1.50. The van der Waals surface area contributed by atoms with Crippen molar-refractivity contribution in [2.75, 3.05) is 5.32 Å². The number of halogens is 2. The molecule has 0 aliphatic heterocycles. The van der Waals surface area contributed by atoms with Crippen molar-refractivity contribution in [3.05, 3.63) is 34.1 Å². The number of hydrogen-bond donors (Lipinski definition) is 1. The summed E-state index contributed by atoms with van der Waals surface area (Å²) in [4.78, 5) is 15.9. The van der Waals surface area contributed by atoms with Crippen LogP contribution >= 0.6 is 23.2 Å². The number of anilines is 1. The highest BCUT2D eigenvalue weighted by Gasteiger charge is 2.14. The summed E-state index contributed by atoms with van der Waals surface area (Å²) in [5, 5.41) is 7.91. The van der Waals surface area contributed by atoms with E-state index in [1.807, 2.05) is 13.8 Å². The summed E-state index contributed by atoms with van der Waals surface area (Å²) in [7, 11) is 0. The van der Waals surface area contributed by atoms with E-state index >= 15 is 0 Å². The molecule has 0 bridgehead atoms. The number of nitrogens with one attached hydrogen (secondary N) is 1. The molecule has 0 atom stereocenters. The molecule has 2 rings (SSSR count). The largest absolute Gasteiger partial charge is 0.311 e. The first kappa shape index (κ1) is 14.8. The Hall–Kier alpha value is -1.59. The van der Waals surface area contributed by atoms with Crippen LogP contribution in [-0.4, -0.2) is 20.7 Å². The molecule has 20 heavy (non-hydrogen) atoms. The molecule has 0 saturated carbocycles. The van der Waals surface area contributed by atoms with Crippen molar-refractivity contribution in [2.45, 2.75) is 26.7 Å². The third-order valence-electron chi connectivity index (χ3n) is 2.57. The molecular formula is C13H14Cl2N4O. The van der Waals surface area contributed by atoms with E-state index in [2.05, 4.69) is 15.4 Å². The van der Waals surface area contributed by atoms with Crippen molar-refractivity contribution in [1.82, 2.24) is 14.8 Å². The zero-order chi connectivity index (χ0) is 14.7. The lowest BCUT2D eigenvalue weighted by Gasteiger charge is -2.09. The Morgan fingerprint density at radius 1 is 1.40 bits per heavy atom. The first-order chi connectivity index (χ1) is 9.51. The number of nitrogens with zero attached hydrogens (tertiary/aromatic N) is 3. The van der Waals surface area contributed by atoms with Crippen molar-refractivity contribution < 1.29 is 4.79 Å². The van der Waals surface area contributed by atoms with Gasteiger partial charge in [-0.05, 0) is 19.4 Å². The van der Waals surface area contributed by atoms with Gasteiger partial charge in [-0.1, -0.05) is 30.1 Å². The van der Waals surface area contributed by atoms with Gasteiger partial charge in [0.2, 0.25) is 5.91 Å². The number of rotatable bonds is 4. The quantitative estimate of drug-likeness (QED) is 0.938. The Kier molecular flexibility index (Phi) is 4.62. The maximum absolute atomic E-state index is 11.7. The van der Waals surface area contributed by atoms with E-state index in [-0.39, 0.29) is 5.91 Å². The topological polar surface area (TPSA) is 59.8 Å². The number of aromatic nitrogens is 3. The molecule has 5 nitrogen and oxygen atoms in total. The zero-order valence-corrected chi connectivity index (χ0v) is 12.7. The normalized spacial score (nSPS) is 10.6. The van der Waals surface area contributed by atoms with Gasteiger partial charge < -0.3 is 5.32 Å². The fourth-order valence-corrected chi connectivity index (χ4v) is 2.21. The van der Waals surface area contributed by atoms with E-state index < -0.39 is 0 Å². The highest BCUT2D eigenvalue weighted by Crippen LogP contribution is 2.24. The van der Waals surface area contributed by atoms with Crippen LogP contribution in [0.2, 0.25) is 10.0 Å². The molecule has 7 heteroatoms. The lowest BCUT2D eigenvalue weighted by molar-refractivity contribution is -0.116. The van der Waals surface area contributed by atoms with Crippen LogP contribution in [0.3, 0.4) is 0 Å². The van der Waals surface area contributed by atoms with Crippen LogP contribution in [0.15, 0.2) is 18.3 Å². The Morgan fingerprint density at radius 3 is 2.80 bits per heavy atom. The van der Waals surface area contributed by atoms with E-state index in [1.54, 1.807) is 12.1 Å². The van der Waals surface area contributed by atoms with Crippen molar-refractivity contribution in [3.63, 3.8) is 0 Å². The lowest BCUT2D eigenvalue weighted by Crippen LogP contribution is -2.15. The molecule has 0 aliphatic rings. The van der Waals surface area contributed by atoms with Crippen LogP contribution in [-0.2, 0) is 4.79 Å². The number of amides is 1. The third-order valence-corrected chi connectivity index (χ3v) is 3.05. The van der Waals surface area contributed by atoms with E-state index in [0.29, 0.717) is 28.1 Å². The van der Waals surface area contributed by atoms with Crippen molar-refractivity contribution in [3.8, 4) is 5.82 Å². The molecule has 0 unspecified atom stereocenters. The average Bonchev–Trinajstić information content (AvgIpc) is 2.70. The van der Waals surface area contributed by atoms with Crippen LogP contribution in [0.1, 0.15) is 25.5 Å². The Balaban J connectivity index is 2.38. The van der Waals surface area contributed by atoms with E-state index in [0.717, 1.165) is 12.1 Å². The van der Waals surface area contributed by atoms with Crippen molar-refractivity contribution in [2.24, 2.45) is 0 Å². The van der Waals surface area contributed by atoms with Gasteiger partial charge in [-0.2, -0.15) is 9.78 Å². The van der Waals surface area contributed by atoms with Gasteiger partial charge in [0.15, 0.2) is 5.82 Å². The van der Waals surface area contributed by atoms with Crippen LogP contribution in [0.4, 0.5) is 5.82 Å². The summed E-state index contributed by atoms with van der Waals surface area (Å²) in [5.41, 5.74) is 0.754. The summed E-state index contributed by atoms with van der Waals surface area (Å²) in [6.07, 6.45) is 2.71. The molecular weight excluding hydrogens is 299 g/mol. The van der Waals surface area contributed by atoms with Gasteiger partial charge in [0, 0.05) is 18.7 Å². The van der Waals surface area contributed by atoms with E-state index in [1.165, 1.54) is 10.9 Å². The van der Waals surface area contributed by atoms with Crippen LogP contribution in [0.25, 0.3) is 5.82 Å². The maximum atomic E-state index is 11.7. The van der Waals surface area contributed by atoms with Crippen LogP contribution < -0.4 is 5.32 Å². The predicted molar refractivity (Wildman–Crippen MR) is 79.7 cm³/mol. The van der Waals surface area contributed by atoms with Gasteiger partial charge >= 0.3 is 0 Å². The van der Waals surface area contributed by atoms with Crippen molar-refractivity contribution >= 4 is 34.9 Å². The highest BCUT2D eigenvalue weighted by atomic mass is 35.5. The van der Waals surface area contributed by atoms with Gasteiger partial charge in [-0.3, -0.25) is 4.79 Å². The molecule has 2 aromatic rings. The van der Waals surface area contributed by atoms with Gasteiger partial charge in [0.25, 0.3) is 0 Å². The molecule has 0 spiro atoms. The fraction of sp³-hybridized carbons (Fsp3) is 0.308. The van der Waals surface area contributed by atoms with Gasteiger partial charge in [0.1, 0.15) is 5.82 Å². The SMILES string of the molecule is CCCC(=O)Nc1cc(C)nn1-c1ncc(Cl)cc1Cl. The molecule has 0 aromatic carbocycles. The highest BCUT2D eigenvalue weighted by molar-refractivity contribution is 6.35. The molecule has 106 valence electrons. The smallest absolute Gasteiger partial charge is 0.225 e. The summed E-state index contributed by atoms with van der Waals surface area (Å²) in [6.45, 7) is 3.77. The minimum atomic E-state index is -0.0706. The number of carbonyl (C=O) groups is 1.